The van der Waals surface area contributed by atoms with Crippen molar-refractivity contribution in [3.8, 4) is 0 Å². The molecular formula is C15H23N3O. The van der Waals surface area contributed by atoms with Crippen LogP contribution in [0.1, 0.15) is 12.8 Å². The SMILES string of the molecule is CN1CCN(C(CN)C2CCCO2)c2ccccc21. The van der Waals surface area contributed by atoms with Crippen LogP contribution in [0.15, 0.2) is 24.3 Å². The van der Waals surface area contributed by atoms with Gasteiger partial charge in [-0.3, -0.25) is 0 Å². The van der Waals surface area contributed by atoms with Crippen LogP contribution < -0.4 is 15.5 Å². The van der Waals surface area contributed by atoms with Gasteiger partial charge in [0.1, 0.15) is 0 Å². The monoisotopic (exact) mass is 261 g/mol. The molecule has 0 amide bonds. The van der Waals surface area contributed by atoms with Gasteiger partial charge in [0, 0.05) is 33.3 Å². The minimum Gasteiger partial charge on any atom is -0.376 e. The molecule has 2 unspecified atom stereocenters. The Labute approximate surface area is 115 Å². The maximum Gasteiger partial charge on any atom is 0.0791 e. The highest BCUT2D eigenvalue weighted by atomic mass is 16.5. The molecule has 1 aromatic rings. The summed E-state index contributed by atoms with van der Waals surface area (Å²) < 4.78 is 5.87. The van der Waals surface area contributed by atoms with Crippen LogP contribution in [0.4, 0.5) is 11.4 Å². The van der Waals surface area contributed by atoms with Gasteiger partial charge in [0.25, 0.3) is 0 Å². The van der Waals surface area contributed by atoms with Gasteiger partial charge >= 0.3 is 0 Å². The molecule has 1 saturated heterocycles. The van der Waals surface area contributed by atoms with Crippen molar-refractivity contribution < 1.29 is 4.74 Å². The van der Waals surface area contributed by atoms with Gasteiger partial charge in [-0.05, 0) is 25.0 Å². The lowest BCUT2D eigenvalue weighted by atomic mass is 10.0. The number of nitrogens with zero attached hydrogens (tertiary/aromatic N) is 2. The minimum atomic E-state index is 0.293. The molecule has 0 aliphatic carbocycles. The molecule has 0 bridgehead atoms. The molecule has 0 radical (unpaired) electrons. The molecule has 0 aromatic heterocycles. The molecule has 1 fully saturated rings. The molecule has 0 spiro atoms. The summed E-state index contributed by atoms with van der Waals surface area (Å²) in [5.41, 5.74) is 8.63. The van der Waals surface area contributed by atoms with Crippen molar-refractivity contribution in [2.75, 3.05) is 43.1 Å². The summed E-state index contributed by atoms with van der Waals surface area (Å²) in [5, 5.41) is 0. The van der Waals surface area contributed by atoms with E-state index >= 15 is 0 Å². The third-order valence-electron chi connectivity index (χ3n) is 4.31. The lowest BCUT2D eigenvalue weighted by Gasteiger charge is -2.43. The fraction of sp³-hybridized carbons (Fsp3) is 0.600. The summed E-state index contributed by atoms with van der Waals surface area (Å²) in [6.45, 7) is 3.61. The van der Waals surface area contributed by atoms with Crippen molar-refractivity contribution in [2.45, 2.75) is 25.0 Å². The van der Waals surface area contributed by atoms with Crippen molar-refractivity contribution in [1.82, 2.24) is 0 Å². The van der Waals surface area contributed by atoms with Gasteiger partial charge in [-0.15, -0.1) is 0 Å². The second-order valence-corrected chi connectivity index (χ2v) is 5.46. The lowest BCUT2D eigenvalue weighted by Crippen LogP contribution is -2.53. The summed E-state index contributed by atoms with van der Waals surface area (Å²) >= 11 is 0. The first-order valence-corrected chi connectivity index (χ1v) is 7.19. The predicted octanol–water partition coefficient (Wildman–Crippen LogP) is 1.45. The van der Waals surface area contributed by atoms with Crippen LogP contribution in [0.2, 0.25) is 0 Å². The zero-order chi connectivity index (χ0) is 13.2. The van der Waals surface area contributed by atoms with Gasteiger partial charge in [-0.1, -0.05) is 12.1 Å². The molecule has 0 saturated carbocycles. The third kappa shape index (κ3) is 2.30. The Kier molecular flexibility index (Phi) is 3.62. The van der Waals surface area contributed by atoms with Crippen LogP contribution in [0.5, 0.6) is 0 Å². The zero-order valence-corrected chi connectivity index (χ0v) is 11.6. The van der Waals surface area contributed by atoms with Crippen LogP contribution >= 0.6 is 0 Å². The van der Waals surface area contributed by atoms with Gasteiger partial charge < -0.3 is 20.3 Å². The summed E-state index contributed by atoms with van der Waals surface area (Å²) in [6.07, 6.45) is 2.59. The Morgan fingerprint density at radius 3 is 2.79 bits per heavy atom. The fourth-order valence-corrected chi connectivity index (χ4v) is 3.26. The first-order valence-electron chi connectivity index (χ1n) is 7.19. The van der Waals surface area contributed by atoms with Crippen LogP contribution in [0.25, 0.3) is 0 Å². The number of para-hydroxylation sites is 2. The van der Waals surface area contributed by atoms with Gasteiger partial charge in [-0.2, -0.15) is 0 Å². The van der Waals surface area contributed by atoms with Crippen LogP contribution in [0, 0.1) is 0 Å². The number of fused-ring (bicyclic) bond motifs is 1. The zero-order valence-electron chi connectivity index (χ0n) is 11.6. The molecule has 2 heterocycles. The van der Waals surface area contributed by atoms with E-state index in [-0.39, 0.29) is 0 Å². The summed E-state index contributed by atoms with van der Waals surface area (Å²) in [7, 11) is 2.15. The predicted molar refractivity (Wildman–Crippen MR) is 78.9 cm³/mol. The average molecular weight is 261 g/mol. The number of nitrogens with two attached hydrogens (primary N) is 1. The number of anilines is 2. The number of likely N-dealkylation sites (N-methyl/N-ethyl adjacent to an activating group) is 1. The van der Waals surface area contributed by atoms with E-state index in [1.54, 1.807) is 0 Å². The molecule has 19 heavy (non-hydrogen) atoms. The minimum absolute atomic E-state index is 0.293. The van der Waals surface area contributed by atoms with Gasteiger partial charge in [0.15, 0.2) is 0 Å². The highest BCUT2D eigenvalue weighted by Crippen LogP contribution is 2.34. The molecule has 4 nitrogen and oxygen atoms in total. The molecule has 1 aromatic carbocycles. The number of hydrogen-bond donors (Lipinski definition) is 1. The molecule has 2 atom stereocenters. The molecule has 2 aliphatic heterocycles. The van der Waals surface area contributed by atoms with E-state index in [9.17, 15) is 0 Å². The highest BCUT2D eigenvalue weighted by molar-refractivity contribution is 5.73. The maximum absolute atomic E-state index is 6.04. The van der Waals surface area contributed by atoms with Crippen LogP contribution in [-0.2, 0) is 4.74 Å². The second kappa shape index (κ2) is 5.39. The number of rotatable bonds is 3. The molecule has 104 valence electrons. The van der Waals surface area contributed by atoms with E-state index in [0.29, 0.717) is 18.7 Å². The van der Waals surface area contributed by atoms with Crippen molar-refractivity contribution in [2.24, 2.45) is 5.73 Å². The Morgan fingerprint density at radius 2 is 2.11 bits per heavy atom. The molecule has 2 aliphatic rings. The lowest BCUT2D eigenvalue weighted by molar-refractivity contribution is 0.0892. The van der Waals surface area contributed by atoms with E-state index in [1.807, 2.05) is 0 Å². The third-order valence-corrected chi connectivity index (χ3v) is 4.31. The smallest absolute Gasteiger partial charge is 0.0791 e. The van der Waals surface area contributed by atoms with Gasteiger partial charge in [0.2, 0.25) is 0 Å². The fourth-order valence-electron chi connectivity index (χ4n) is 3.26. The quantitative estimate of drug-likeness (QED) is 0.894. The normalized spacial score (nSPS) is 24.4. The molecule has 3 rings (SSSR count). The van der Waals surface area contributed by atoms with Crippen molar-refractivity contribution in [1.29, 1.82) is 0 Å². The molecule has 4 heteroatoms. The average Bonchev–Trinajstić information content (AvgIpc) is 2.96. The second-order valence-electron chi connectivity index (χ2n) is 5.46. The molecular weight excluding hydrogens is 238 g/mol. The first-order chi connectivity index (χ1) is 9.31. The van der Waals surface area contributed by atoms with Crippen molar-refractivity contribution in [3.05, 3.63) is 24.3 Å². The van der Waals surface area contributed by atoms with Crippen molar-refractivity contribution in [3.63, 3.8) is 0 Å². The van der Waals surface area contributed by atoms with Crippen LogP contribution in [-0.4, -0.2) is 45.4 Å². The van der Waals surface area contributed by atoms with E-state index in [0.717, 1.165) is 32.5 Å². The highest BCUT2D eigenvalue weighted by Gasteiger charge is 2.33. The first kappa shape index (κ1) is 12.8. The number of hydrogen-bond acceptors (Lipinski definition) is 4. The maximum atomic E-state index is 6.04. The summed E-state index contributed by atoms with van der Waals surface area (Å²) in [4.78, 5) is 4.76. The standard InChI is InChI=1S/C15H23N3O/c1-17-8-9-18(13-6-3-2-5-12(13)17)14(11-16)15-7-4-10-19-15/h2-3,5-6,14-15H,4,7-11,16H2,1H3. The summed E-state index contributed by atoms with van der Waals surface area (Å²) in [5.74, 6) is 0. The van der Waals surface area contributed by atoms with Gasteiger partial charge in [0.05, 0.1) is 23.5 Å². The number of benzene rings is 1. The Hall–Kier alpha value is -1.26. The van der Waals surface area contributed by atoms with Crippen molar-refractivity contribution >= 4 is 11.4 Å². The largest absolute Gasteiger partial charge is 0.376 e. The molecule has 2 N–H and O–H groups in total. The van der Waals surface area contributed by atoms with E-state index in [1.165, 1.54) is 11.4 Å². The Morgan fingerprint density at radius 1 is 1.32 bits per heavy atom. The van der Waals surface area contributed by atoms with E-state index in [2.05, 4.69) is 41.1 Å². The Balaban J connectivity index is 1.90. The summed E-state index contributed by atoms with van der Waals surface area (Å²) in [6, 6.07) is 8.89. The van der Waals surface area contributed by atoms with E-state index < -0.39 is 0 Å². The van der Waals surface area contributed by atoms with Gasteiger partial charge in [-0.25, -0.2) is 0 Å². The van der Waals surface area contributed by atoms with E-state index in [4.69, 9.17) is 10.5 Å². The Bertz CT molecular complexity index is 431. The topological polar surface area (TPSA) is 41.7 Å². The number of ether oxygens (including phenoxy) is 1. The van der Waals surface area contributed by atoms with Crippen LogP contribution in [0.3, 0.4) is 0 Å².